The number of hydrogen-bond donors (Lipinski definition) is 2. The van der Waals surface area contributed by atoms with Gasteiger partial charge in [0.05, 0.1) is 11.8 Å². The number of aryl methyl sites for hydroxylation is 1. The van der Waals surface area contributed by atoms with Crippen molar-refractivity contribution in [3.05, 3.63) is 59.7 Å². The minimum Gasteiger partial charge on any atom is -0.489 e. The lowest BCUT2D eigenvalue weighted by Gasteiger charge is -2.14. The van der Waals surface area contributed by atoms with Crippen LogP contribution in [0, 0.1) is 6.92 Å². The summed E-state index contributed by atoms with van der Waals surface area (Å²) in [5, 5.41) is 5.50. The minimum absolute atomic E-state index is 0.00420. The number of nitrogens with one attached hydrogen (secondary N) is 2. The summed E-state index contributed by atoms with van der Waals surface area (Å²) < 4.78 is 5.65. The third-order valence-electron chi connectivity index (χ3n) is 3.58. The van der Waals surface area contributed by atoms with Gasteiger partial charge in [-0.05, 0) is 44.0 Å². The average Bonchev–Trinajstić information content (AvgIpc) is 2.55. The van der Waals surface area contributed by atoms with Crippen LogP contribution in [-0.2, 0) is 16.1 Å². The van der Waals surface area contributed by atoms with Crippen LogP contribution < -0.4 is 15.4 Å². The molecule has 25 heavy (non-hydrogen) atoms. The Balaban J connectivity index is 1.88. The third-order valence-corrected chi connectivity index (χ3v) is 3.58. The number of para-hydroxylation sites is 2. The number of rotatable bonds is 7. The lowest BCUT2D eigenvalue weighted by Crippen LogP contribution is -2.28. The van der Waals surface area contributed by atoms with Crippen LogP contribution in [0.4, 0.5) is 5.69 Å². The van der Waals surface area contributed by atoms with E-state index >= 15 is 0 Å². The molecule has 5 heteroatoms. The van der Waals surface area contributed by atoms with Gasteiger partial charge in [-0.15, -0.1) is 0 Å². The smallest absolute Gasteiger partial charge is 0.233 e. The Morgan fingerprint density at radius 2 is 1.68 bits per heavy atom. The van der Waals surface area contributed by atoms with Crippen LogP contribution in [-0.4, -0.2) is 17.9 Å². The number of hydrogen-bond acceptors (Lipinski definition) is 3. The molecule has 0 unspecified atom stereocenters. The second-order valence-electron chi connectivity index (χ2n) is 6.09. The first kappa shape index (κ1) is 18.5. The number of ether oxygens (including phenoxy) is 1. The van der Waals surface area contributed by atoms with E-state index in [1.807, 2.05) is 51.1 Å². The van der Waals surface area contributed by atoms with Gasteiger partial charge in [-0.2, -0.15) is 0 Å². The Bertz CT molecular complexity index is 741. The molecule has 2 rings (SSSR count). The van der Waals surface area contributed by atoms with Crippen LogP contribution in [0.3, 0.4) is 0 Å². The van der Waals surface area contributed by atoms with Gasteiger partial charge in [0.1, 0.15) is 12.2 Å². The maximum Gasteiger partial charge on any atom is 0.233 e. The summed E-state index contributed by atoms with van der Waals surface area (Å²) >= 11 is 0. The monoisotopic (exact) mass is 340 g/mol. The van der Waals surface area contributed by atoms with Crippen molar-refractivity contribution in [2.24, 2.45) is 0 Å². The number of carbonyl (C=O) groups is 2. The van der Waals surface area contributed by atoms with Gasteiger partial charge in [-0.3, -0.25) is 9.59 Å². The topological polar surface area (TPSA) is 67.4 Å². The molecule has 0 aliphatic heterocycles. The van der Waals surface area contributed by atoms with E-state index in [1.165, 1.54) is 0 Å². The lowest BCUT2D eigenvalue weighted by atomic mass is 10.1. The summed E-state index contributed by atoms with van der Waals surface area (Å²) in [5.41, 5.74) is 2.70. The highest BCUT2D eigenvalue weighted by Crippen LogP contribution is 2.24. The number of amides is 2. The summed E-state index contributed by atoms with van der Waals surface area (Å²) in [6.45, 7) is 6.22. The van der Waals surface area contributed by atoms with Gasteiger partial charge >= 0.3 is 0 Å². The molecule has 0 saturated heterocycles. The fourth-order valence-electron chi connectivity index (χ4n) is 2.33. The van der Waals surface area contributed by atoms with Crippen molar-refractivity contribution in [1.29, 1.82) is 0 Å². The SMILES string of the molecule is Cc1ccccc1CNC(=O)CC(=O)Nc1ccccc1OC(C)C. The van der Waals surface area contributed by atoms with Crippen LogP contribution in [0.5, 0.6) is 5.75 Å². The van der Waals surface area contributed by atoms with Crippen molar-refractivity contribution in [1.82, 2.24) is 5.32 Å². The zero-order valence-corrected chi connectivity index (χ0v) is 14.8. The molecular formula is C20H24N2O3. The van der Waals surface area contributed by atoms with Gasteiger partial charge in [0.25, 0.3) is 0 Å². The van der Waals surface area contributed by atoms with Crippen LogP contribution in [0.25, 0.3) is 0 Å². The minimum atomic E-state index is -0.373. The van der Waals surface area contributed by atoms with Crippen LogP contribution in [0.15, 0.2) is 48.5 Å². The Kier molecular flexibility index (Phi) is 6.57. The maximum atomic E-state index is 12.1. The molecule has 2 aromatic carbocycles. The standard InChI is InChI=1S/C20H24N2O3/c1-14(2)25-18-11-7-6-10-17(18)22-20(24)12-19(23)21-13-16-9-5-4-8-15(16)3/h4-11,14H,12-13H2,1-3H3,(H,21,23)(H,22,24). The summed E-state index contributed by atoms with van der Waals surface area (Å²) in [5.74, 6) is -0.101. The van der Waals surface area contributed by atoms with Crippen molar-refractivity contribution >= 4 is 17.5 Å². The Labute approximate surface area is 148 Å². The fraction of sp³-hybridized carbons (Fsp3) is 0.300. The summed E-state index contributed by atoms with van der Waals surface area (Å²) in [4.78, 5) is 24.1. The van der Waals surface area contributed by atoms with E-state index in [4.69, 9.17) is 4.74 Å². The summed E-state index contributed by atoms with van der Waals surface area (Å²) in [6, 6.07) is 15.0. The highest BCUT2D eigenvalue weighted by molar-refractivity contribution is 6.04. The van der Waals surface area contributed by atoms with E-state index < -0.39 is 0 Å². The summed E-state index contributed by atoms with van der Waals surface area (Å²) in [7, 11) is 0. The lowest BCUT2D eigenvalue weighted by molar-refractivity contribution is -0.126. The first-order valence-electron chi connectivity index (χ1n) is 8.32. The molecule has 0 heterocycles. The quantitative estimate of drug-likeness (QED) is 0.759. The second-order valence-corrected chi connectivity index (χ2v) is 6.09. The predicted molar refractivity (Wildman–Crippen MR) is 98.5 cm³/mol. The Hall–Kier alpha value is -2.82. The van der Waals surface area contributed by atoms with Crippen LogP contribution in [0.1, 0.15) is 31.4 Å². The molecule has 0 saturated carbocycles. The molecule has 0 bridgehead atoms. The molecule has 2 N–H and O–H groups in total. The first-order valence-corrected chi connectivity index (χ1v) is 8.32. The number of carbonyl (C=O) groups excluding carboxylic acids is 2. The highest BCUT2D eigenvalue weighted by atomic mass is 16.5. The third kappa shape index (κ3) is 5.95. The first-order chi connectivity index (χ1) is 12.0. The van der Waals surface area contributed by atoms with E-state index in [2.05, 4.69) is 10.6 Å². The van der Waals surface area contributed by atoms with Gasteiger partial charge in [0.15, 0.2) is 0 Å². The predicted octanol–water partition coefficient (Wildman–Crippen LogP) is 3.43. The molecule has 0 fully saturated rings. The van der Waals surface area contributed by atoms with E-state index in [9.17, 15) is 9.59 Å². The van der Waals surface area contributed by atoms with Gasteiger partial charge in [0, 0.05) is 6.54 Å². The van der Waals surface area contributed by atoms with E-state index in [0.29, 0.717) is 18.0 Å². The normalized spacial score (nSPS) is 10.4. The van der Waals surface area contributed by atoms with Gasteiger partial charge in [-0.25, -0.2) is 0 Å². The summed E-state index contributed by atoms with van der Waals surface area (Å²) in [6.07, 6.45) is -0.238. The van der Waals surface area contributed by atoms with Crippen molar-refractivity contribution in [2.45, 2.75) is 39.8 Å². The van der Waals surface area contributed by atoms with Crippen molar-refractivity contribution in [2.75, 3.05) is 5.32 Å². The van der Waals surface area contributed by atoms with E-state index in [-0.39, 0.29) is 24.3 Å². The van der Waals surface area contributed by atoms with Crippen molar-refractivity contribution in [3.8, 4) is 5.75 Å². The molecule has 132 valence electrons. The molecule has 0 aliphatic rings. The fourth-order valence-corrected chi connectivity index (χ4v) is 2.33. The second kappa shape index (κ2) is 8.87. The van der Waals surface area contributed by atoms with Gasteiger partial charge in [-0.1, -0.05) is 36.4 Å². The van der Waals surface area contributed by atoms with Gasteiger partial charge < -0.3 is 15.4 Å². The maximum absolute atomic E-state index is 12.1. The molecule has 0 aromatic heterocycles. The molecule has 0 aliphatic carbocycles. The van der Waals surface area contributed by atoms with Crippen molar-refractivity contribution < 1.29 is 14.3 Å². The zero-order valence-electron chi connectivity index (χ0n) is 14.8. The largest absolute Gasteiger partial charge is 0.489 e. The van der Waals surface area contributed by atoms with E-state index in [0.717, 1.165) is 11.1 Å². The molecule has 2 amide bonds. The molecule has 0 radical (unpaired) electrons. The van der Waals surface area contributed by atoms with Crippen LogP contribution in [0.2, 0.25) is 0 Å². The Morgan fingerprint density at radius 1 is 1.00 bits per heavy atom. The number of anilines is 1. The number of benzene rings is 2. The van der Waals surface area contributed by atoms with Crippen molar-refractivity contribution in [3.63, 3.8) is 0 Å². The molecule has 2 aromatic rings. The molecular weight excluding hydrogens is 316 g/mol. The van der Waals surface area contributed by atoms with E-state index in [1.54, 1.807) is 18.2 Å². The zero-order chi connectivity index (χ0) is 18.2. The molecule has 0 spiro atoms. The van der Waals surface area contributed by atoms with Crippen LogP contribution >= 0.6 is 0 Å². The molecule has 0 atom stereocenters. The van der Waals surface area contributed by atoms with Gasteiger partial charge in [0.2, 0.25) is 11.8 Å². The molecule has 5 nitrogen and oxygen atoms in total. The highest BCUT2D eigenvalue weighted by Gasteiger charge is 2.12. The Morgan fingerprint density at radius 3 is 2.40 bits per heavy atom. The average molecular weight is 340 g/mol.